The summed E-state index contributed by atoms with van der Waals surface area (Å²) < 4.78 is 6.12. The molecule has 0 spiro atoms. The van der Waals surface area contributed by atoms with E-state index in [9.17, 15) is 4.79 Å². The van der Waals surface area contributed by atoms with Crippen molar-refractivity contribution in [1.82, 2.24) is 4.90 Å². The van der Waals surface area contributed by atoms with Gasteiger partial charge in [0.1, 0.15) is 6.10 Å². The van der Waals surface area contributed by atoms with Crippen molar-refractivity contribution in [3.8, 4) is 0 Å². The second-order valence-corrected chi connectivity index (χ2v) is 8.40. The first-order chi connectivity index (χ1) is 10.8. The molecule has 1 aromatic rings. The summed E-state index contributed by atoms with van der Waals surface area (Å²) in [7, 11) is 4.22. The van der Waals surface area contributed by atoms with Crippen LogP contribution in [0.5, 0.6) is 0 Å². The van der Waals surface area contributed by atoms with Gasteiger partial charge in [-0.2, -0.15) is 0 Å². The Balaban J connectivity index is 1.87. The van der Waals surface area contributed by atoms with Gasteiger partial charge in [-0.05, 0) is 50.4 Å². The molecule has 0 radical (unpaired) electrons. The standard InChI is InChI=1S/C20H29NO2/c1-19(2)16-11-12-20(19,3)17(15(16)13-21(4)5)23-18(22)14-9-7-6-8-10-14/h6-10,15-17H,11-13H2,1-5H3. The van der Waals surface area contributed by atoms with E-state index in [1.165, 1.54) is 6.42 Å². The highest BCUT2D eigenvalue weighted by Gasteiger charge is 2.67. The van der Waals surface area contributed by atoms with Crippen molar-refractivity contribution < 1.29 is 9.53 Å². The van der Waals surface area contributed by atoms with Gasteiger partial charge in [0.25, 0.3) is 0 Å². The van der Waals surface area contributed by atoms with Crippen LogP contribution in [-0.4, -0.2) is 37.6 Å². The molecule has 2 aliphatic rings. The second kappa shape index (κ2) is 5.62. The molecule has 0 aromatic heterocycles. The van der Waals surface area contributed by atoms with Crippen molar-refractivity contribution in [2.75, 3.05) is 20.6 Å². The molecule has 0 aliphatic heterocycles. The molecule has 2 fully saturated rings. The highest BCUT2D eigenvalue weighted by molar-refractivity contribution is 5.89. The lowest BCUT2D eigenvalue weighted by Gasteiger charge is -2.40. The predicted octanol–water partition coefficient (Wildman–Crippen LogP) is 3.85. The summed E-state index contributed by atoms with van der Waals surface area (Å²) in [6.07, 6.45) is 2.41. The van der Waals surface area contributed by atoms with Crippen molar-refractivity contribution in [2.45, 2.75) is 39.7 Å². The minimum atomic E-state index is -0.177. The number of fused-ring (bicyclic) bond motifs is 2. The van der Waals surface area contributed by atoms with Gasteiger partial charge in [-0.25, -0.2) is 4.79 Å². The van der Waals surface area contributed by atoms with E-state index in [1.807, 2.05) is 30.3 Å². The van der Waals surface area contributed by atoms with Crippen LogP contribution in [0.1, 0.15) is 44.0 Å². The molecule has 3 rings (SSSR count). The van der Waals surface area contributed by atoms with Gasteiger partial charge < -0.3 is 9.64 Å². The van der Waals surface area contributed by atoms with Crippen LogP contribution in [0.15, 0.2) is 30.3 Å². The lowest BCUT2D eigenvalue weighted by atomic mass is 9.70. The summed E-state index contributed by atoms with van der Waals surface area (Å²) in [5.74, 6) is 0.874. The number of hydrogen-bond acceptors (Lipinski definition) is 3. The molecule has 2 saturated carbocycles. The Hall–Kier alpha value is -1.35. The summed E-state index contributed by atoms with van der Waals surface area (Å²) in [5.41, 5.74) is 0.943. The van der Waals surface area contributed by atoms with Gasteiger partial charge in [-0.1, -0.05) is 39.0 Å². The first-order valence-electron chi connectivity index (χ1n) is 8.68. The van der Waals surface area contributed by atoms with Crippen molar-refractivity contribution in [3.05, 3.63) is 35.9 Å². The molecule has 0 saturated heterocycles. The van der Waals surface area contributed by atoms with E-state index in [0.29, 0.717) is 17.4 Å². The fourth-order valence-corrected chi connectivity index (χ4v) is 5.12. The Bertz CT molecular complexity index is 581. The maximum Gasteiger partial charge on any atom is 0.338 e. The summed E-state index contributed by atoms with van der Waals surface area (Å²) >= 11 is 0. The number of ether oxygens (including phenoxy) is 1. The largest absolute Gasteiger partial charge is 0.458 e. The van der Waals surface area contributed by atoms with Crippen LogP contribution in [0.4, 0.5) is 0 Å². The molecule has 0 amide bonds. The first-order valence-corrected chi connectivity index (χ1v) is 8.68. The predicted molar refractivity (Wildman–Crippen MR) is 92.3 cm³/mol. The quantitative estimate of drug-likeness (QED) is 0.791. The smallest absolute Gasteiger partial charge is 0.338 e. The van der Waals surface area contributed by atoms with E-state index in [-0.39, 0.29) is 22.9 Å². The molecule has 1 aromatic carbocycles. The molecule has 0 N–H and O–H groups in total. The van der Waals surface area contributed by atoms with Crippen molar-refractivity contribution in [2.24, 2.45) is 22.7 Å². The summed E-state index contributed by atoms with van der Waals surface area (Å²) in [5, 5.41) is 0. The van der Waals surface area contributed by atoms with Gasteiger partial charge in [0.2, 0.25) is 0 Å². The molecule has 4 unspecified atom stereocenters. The minimum Gasteiger partial charge on any atom is -0.458 e. The molecule has 4 atom stereocenters. The zero-order valence-corrected chi connectivity index (χ0v) is 15.0. The van der Waals surface area contributed by atoms with Crippen LogP contribution in [0, 0.1) is 22.7 Å². The maximum atomic E-state index is 12.6. The third-order valence-electron chi connectivity index (χ3n) is 6.73. The molecule has 126 valence electrons. The fraction of sp³-hybridized carbons (Fsp3) is 0.650. The Labute approximate surface area is 140 Å². The number of hydrogen-bond donors (Lipinski definition) is 0. The average molecular weight is 315 g/mol. The summed E-state index contributed by atoms with van der Waals surface area (Å²) in [6.45, 7) is 8.04. The monoisotopic (exact) mass is 315 g/mol. The Morgan fingerprint density at radius 3 is 2.48 bits per heavy atom. The van der Waals surface area contributed by atoms with Gasteiger partial charge in [-0.3, -0.25) is 0 Å². The van der Waals surface area contributed by atoms with Crippen LogP contribution in [-0.2, 0) is 4.74 Å². The SMILES string of the molecule is CN(C)CC1C2CCC(C)(C1OC(=O)c1ccccc1)C2(C)C. The van der Waals surface area contributed by atoms with Crippen LogP contribution in [0.25, 0.3) is 0 Å². The van der Waals surface area contributed by atoms with Crippen LogP contribution in [0.3, 0.4) is 0 Å². The molecular weight excluding hydrogens is 286 g/mol. The van der Waals surface area contributed by atoms with Crippen LogP contribution in [0.2, 0.25) is 0 Å². The molecular formula is C20H29NO2. The van der Waals surface area contributed by atoms with Crippen molar-refractivity contribution >= 4 is 5.97 Å². The molecule has 2 aliphatic carbocycles. The number of carbonyl (C=O) groups is 1. The van der Waals surface area contributed by atoms with Crippen LogP contribution >= 0.6 is 0 Å². The maximum absolute atomic E-state index is 12.6. The first kappa shape index (κ1) is 16.5. The van der Waals surface area contributed by atoms with Crippen molar-refractivity contribution in [3.63, 3.8) is 0 Å². The van der Waals surface area contributed by atoms with E-state index in [0.717, 1.165) is 13.0 Å². The van der Waals surface area contributed by atoms with E-state index >= 15 is 0 Å². The number of esters is 1. The lowest BCUT2D eigenvalue weighted by Crippen LogP contribution is -2.43. The van der Waals surface area contributed by atoms with E-state index in [1.54, 1.807) is 0 Å². The summed E-state index contributed by atoms with van der Waals surface area (Å²) in [4.78, 5) is 14.9. The van der Waals surface area contributed by atoms with E-state index in [2.05, 4.69) is 39.8 Å². The minimum absolute atomic E-state index is 0.00589. The Morgan fingerprint density at radius 1 is 1.22 bits per heavy atom. The number of nitrogens with zero attached hydrogens (tertiary/aromatic N) is 1. The number of benzene rings is 1. The van der Waals surface area contributed by atoms with E-state index < -0.39 is 0 Å². The molecule has 0 heterocycles. The third kappa shape index (κ3) is 2.50. The van der Waals surface area contributed by atoms with Gasteiger partial charge in [0.05, 0.1) is 5.56 Å². The Morgan fingerprint density at radius 2 is 1.87 bits per heavy atom. The highest BCUT2D eigenvalue weighted by atomic mass is 16.5. The average Bonchev–Trinajstić information content (AvgIpc) is 2.81. The number of carbonyl (C=O) groups excluding carboxylic acids is 1. The lowest BCUT2D eigenvalue weighted by molar-refractivity contribution is -0.0442. The topological polar surface area (TPSA) is 29.5 Å². The van der Waals surface area contributed by atoms with Gasteiger partial charge >= 0.3 is 5.97 Å². The molecule has 23 heavy (non-hydrogen) atoms. The van der Waals surface area contributed by atoms with Crippen molar-refractivity contribution in [1.29, 1.82) is 0 Å². The zero-order chi connectivity index (χ0) is 16.8. The van der Waals surface area contributed by atoms with Gasteiger partial charge in [0.15, 0.2) is 0 Å². The van der Waals surface area contributed by atoms with Crippen LogP contribution < -0.4 is 0 Å². The fourth-order valence-electron chi connectivity index (χ4n) is 5.12. The molecule has 2 bridgehead atoms. The zero-order valence-electron chi connectivity index (χ0n) is 15.0. The van der Waals surface area contributed by atoms with E-state index in [4.69, 9.17) is 4.74 Å². The summed E-state index contributed by atoms with van der Waals surface area (Å²) in [6, 6.07) is 9.38. The third-order valence-corrected chi connectivity index (χ3v) is 6.73. The normalized spacial score (nSPS) is 34.8. The van der Waals surface area contributed by atoms with Gasteiger partial charge in [0, 0.05) is 17.9 Å². The van der Waals surface area contributed by atoms with Gasteiger partial charge in [-0.15, -0.1) is 0 Å². The molecule has 3 heteroatoms. The Kier molecular flexibility index (Phi) is 4.04. The highest BCUT2D eigenvalue weighted by Crippen LogP contribution is 2.68. The second-order valence-electron chi connectivity index (χ2n) is 8.40. The molecule has 3 nitrogen and oxygen atoms in total. The number of rotatable bonds is 4.